The van der Waals surface area contributed by atoms with E-state index < -0.39 is 12.3 Å². The number of aliphatic hydroxyl groups excluding tert-OH is 1. The Hall–Kier alpha value is -2.29. The normalized spacial score (nSPS) is 24.5. The number of rotatable bonds is 5. The van der Waals surface area contributed by atoms with Gasteiger partial charge in [-0.1, -0.05) is 30.7 Å². The van der Waals surface area contributed by atoms with E-state index in [9.17, 15) is 14.3 Å². The van der Waals surface area contributed by atoms with Crippen LogP contribution in [-0.4, -0.2) is 82.8 Å². The Kier molecular flexibility index (Phi) is 7.23. The average molecular weight is 502 g/mol. The first-order chi connectivity index (χ1) is 16.9. The number of benzene rings is 1. The molecule has 35 heavy (non-hydrogen) atoms. The number of anilines is 1. The van der Waals surface area contributed by atoms with Gasteiger partial charge in [0.05, 0.1) is 17.7 Å². The summed E-state index contributed by atoms with van der Waals surface area (Å²) in [6, 6.07) is 7.52. The van der Waals surface area contributed by atoms with Gasteiger partial charge < -0.3 is 19.8 Å². The minimum absolute atomic E-state index is 0.103. The molecule has 5 rings (SSSR count). The predicted octanol–water partition coefficient (Wildman–Crippen LogP) is 3.54. The number of carbonyl (C=O) groups is 1. The zero-order chi connectivity index (χ0) is 24.5. The SMILES string of the molecule is CC1C[C@@H](O)c2ncnc(N3CCN(C(=O)[C@H](CN4CCC(F)CC4)c4ccc(Cl)cc4)CC3)c21. The molecular formula is C26H33ClFN5O2. The number of carbonyl (C=O) groups excluding carboxylic acids is 1. The summed E-state index contributed by atoms with van der Waals surface area (Å²) in [5, 5.41) is 11.0. The molecule has 1 unspecified atom stereocenters. The van der Waals surface area contributed by atoms with Crippen molar-refractivity contribution in [1.29, 1.82) is 0 Å². The monoisotopic (exact) mass is 501 g/mol. The first kappa shape index (κ1) is 24.4. The van der Waals surface area contributed by atoms with Crippen molar-refractivity contribution in [3.8, 4) is 0 Å². The number of nitrogens with zero attached hydrogens (tertiary/aromatic N) is 5. The number of aliphatic hydroxyl groups is 1. The van der Waals surface area contributed by atoms with Crippen LogP contribution >= 0.6 is 11.6 Å². The molecule has 2 fully saturated rings. The summed E-state index contributed by atoms with van der Waals surface area (Å²) in [6.07, 6.45) is 1.97. The van der Waals surface area contributed by atoms with Crippen LogP contribution in [0.4, 0.5) is 10.2 Å². The van der Waals surface area contributed by atoms with E-state index in [1.165, 1.54) is 6.33 Å². The summed E-state index contributed by atoms with van der Waals surface area (Å²) in [7, 11) is 0. The zero-order valence-electron chi connectivity index (χ0n) is 20.1. The van der Waals surface area contributed by atoms with Gasteiger partial charge in [0.2, 0.25) is 5.91 Å². The Morgan fingerprint density at radius 3 is 2.49 bits per heavy atom. The van der Waals surface area contributed by atoms with Crippen LogP contribution in [0.25, 0.3) is 0 Å². The van der Waals surface area contributed by atoms with Gasteiger partial charge in [-0.05, 0) is 42.9 Å². The molecule has 3 atom stereocenters. The van der Waals surface area contributed by atoms with Crippen LogP contribution in [0.15, 0.2) is 30.6 Å². The quantitative estimate of drug-likeness (QED) is 0.675. The number of halogens is 2. The van der Waals surface area contributed by atoms with Gasteiger partial charge in [-0.15, -0.1) is 0 Å². The summed E-state index contributed by atoms with van der Waals surface area (Å²) in [4.78, 5) is 29.0. The molecule has 7 nitrogen and oxygen atoms in total. The Morgan fingerprint density at radius 1 is 1.11 bits per heavy atom. The number of piperidine rings is 1. The molecular weight excluding hydrogens is 469 g/mol. The van der Waals surface area contributed by atoms with Crippen molar-refractivity contribution in [2.24, 2.45) is 0 Å². The molecule has 1 aliphatic carbocycles. The van der Waals surface area contributed by atoms with Crippen molar-refractivity contribution in [3.05, 3.63) is 52.4 Å². The van der Waals surface area contributed by atoms with Gasteiger partial charge in [0, 0.05) is 56.4 Å². The van der Waals surface area contributed by atoms with E-state index >= 15 is 0 Å². The molecule has 2 aliphatic heterocycles. The maximum Gasteiger partial charge on any atom is 0.231 e. The molecule has 1 aromatic heterocycles. The number of hydrogen-bond donors (Lipinski definition) is 1. The van der Waals surface area contributed by atoms with Gasteiger partial charge in [-0.3, -0.25) is 4.79 Å². The van der Waals surface area contributed by atoms with Gasteiger partial charge >= 0.3 is 0 Å². The number of hydrogen-bond acceptors (Lipinski definition) is 6. The molecule has 3 heterocycles. The first-order valence-corrected chi connectivity index (χ1v) is 13.0. The number of aromatic nitrogens is 2. The van der Waals surface area contributed by atoms with E-state index in [4.69, 9.17) is 11.6 Å². The Labute approximate surface area is 210 Å². The maximum absolute atomic E-state index is 13.8. The van der Waals surface area contributed by atoms with E-state index in [-0.39, 0.29) is 17.7 Å². The smallest absolute Gasteiger partial charge is 0.231 e. The Balaban J connectivity index is 1.29. The lowest BCUT2D eigenvalue weighted by Crippen LogP contribution is -2.52. The fourth-order valence-corrected chi connectivity index (χ4v) is 5.80. The van der Waals surface area contributed by atoms with Crippen molar-refractivity contribution in [2.75, 3.05) is 50.7 Å². The van der Waals surface area contributed by atoms with Crippen molar-refractivity contribution in [3.63, 3.8) is 0 Å². The molecule has 1 aromatic carbocycles. The van der Waals surface area contributed by atoms with Crippen LogP contribution in [0, 0.1) is 0 Å². The topological polar surface area (TPSA) is 72.8 Å². The molecule has 1 amide bonds. The van der Waals surface area contributed by atoms with Crippen molar-refractivity contribution >= 4 is 23.3 Å². The molecule has 188 valence electrons. The van der Waals surface area contributed by atoms with Crippen LogP contribution in [0.2, 0.25) is 5.02 Å². The molecule has 9 heteroatoms. The fraction of sp³-hybridized carbons (Fsp3) is 0.577. The third-order valence-corrected chi connectivity index (χ3v) is 7.95. The van der Waals surface area contributed by atoms with E-state index in [0.717, 1.165) is 22.6 Å². The Morgan fingerprint density at radius 2 is 1.80 bits per heavy atom. The number of alkyl halides is 1. The molecule has 2 saturated heterocycles. The third kappa shape index (κ3) is 5.15. The molecule has 0 spiro atoms. The van der Waals surface area contributed by atoms with E-state index in [1.807, 2.05) is 29.2 Å². The van der Waals surface area contributed by atoms with Crippen molar-refractivity contribution in [2.45, 2.75) is 50.3 Å². The molecule has 1 N–H and O–H groups in total. The highest BCUT2D eigenvalue weighted by Gasteiger charge is 2.35. The Bertz CT molecular complexity index is 1040. The van der Waals surface area contributed by atoms with E-state index in [1.54, 1.807) is 0 Å². The van der Waals surface area contributed by atoms with Crippen LogP contribution in [0.5, 0.6) is 0 Å². The highest BCUT2D eigenvalue weighted by atomic mass is 35.5. The highest BCUT2D eigenvalue weighted by molar-refractivity contribution is 6.30. The van der Waals surface area contributed by atoms with Crippen molar-refractivity contribution in [1.82, 2.24) is 19.8 Å². The largest absolute Gasteiger partial charge is 0.387 e. The summed E-state index contributed by atoms with van der Waals surface area (Å²) in [5.74, 6) is 0.882. The molecule has 0 saturated carbocycles. The van der Waals surface area contributed by atoms with E-state index in [2.05, 4.69) is 26.7 Å². The summed E-state index contributed by atoms with van der Waals surface area (Å²) in [6.45, 7) is 6.60. The number of fused-ring (bicyclic) bond motifs is 1. The van der Waals surface area contributed by atoms with Gasteiger partial charge in [0.25, 0.3) is 0 Å². The van der Waals surface area contributed by atoms with Crippen LogP contribution < -0.4 is 4.90 Å². The standard InChI is InChI=1S/C26H33ClFN5O2/c1-17-14-22(34)24-23(17)25(30-16-29-24)32-10-12-33(13-11-32)26(35)21(18-2-4-19(27)5-3-18)15-31-8-6-20(28)7-9-31/h2-5,16-17,20-22,34H,6-15H2,1H3/t17?,21-,22-/m1/s1. The second-order valence-corrected chi connectivity index (χ2v) is 10.5. The van der Waals surface area contributed by atoms with Gasteiger partial charge in [-0.2, -0.15) is 0 Å². The van der Waals surface area contributed by atoms with Crippen LogP contribution in [-0.2, 0) is 4.79 Å². The zero-order valence-corrected chi connectivity index (χ0v) is 20.9. The van der Waals surface area contributed by atoms with Gasteiger partial charge in [-0.25, -0.2) is 14.4 Å². The summed E-state index contributed by atoms with van der Waals surface area (Å²) in [5.41, 5.74) is 2.72. The average Bonchev–Trinajstić information content (AvgIpc) is 3.17. The number of amides is 1. The van der Waals surface area contributed by atoms with E-state index in [0.29, 0.717) is 70.1 Å². The van der Waals surface area contributed by atoms with Crippen molar-refractivity contribution < 1.29 is 14.3 Å². The van der Waals surface area contributed by atoms with Gasteiger partial charge in [0.1, 0.15) is 18.3 Å². The van der Waals surface area contributed by atoms with Gasteiger partial charge in [0.15, 0.2) is 0 Å². The lowest BCUT2D eigenvalue weighted by molar-refractivity contribution is -0.133. The van der Waals surface area contributed by atoms with Crippen LogP contribution in [0.3, 0.4) is 0 Å². The second kappa shape index (κ2) is 10.4. The second-order valence-electron chi connectivity index (χ2n) is 10.0. The minimum Gasteiger partial charge on any atom is -0.387 e. The first-order valence-electron chi connectivity index (χ1n) is 12.6. The molecule has 3 aliphatic rings. The molecule has 2 aromatic rings. The summed E-state index contributed by atoms with van der Waals surface area (Å²) < 4.78 is 13.7. The number of likely N-dealkylation sites (tertiary alicyclic amines) is 1. The maximum atomic E-state index is 13.8. The molecule has 0 bridgehead atoms. The molecule has 0 radical (unpaired) electrons. The lowest BCUT2D eigenvalue weighted by atomic mass is 9.95. The third-order valence-electron chi connectivity index (χ3n) is 7.70. The highest BCUT2D eigenvalue weighted by Crippen LogP contribution is 2.42. The minimum atomic E-state index is -0.740. The summed E-state index contributed by atoms with van der Waals surface area (Å²) >= 11 is 6.11. The fourth-order valence-electron chi connectivity index (χ4n) is 5.68. The lowest BCUT2D eigenvalue weighted by Gasteiger charge is -2.39. The number of piperazine rings is 1. The van der Waals surface area contributed by atoms with Crippen LogP contribution in [0.1, 0.15) is 60.9 Å². The predicted molar refractivity (Wildman–Crippen MR) is 134 cm³/mol.